The molecule has 82 valence electrons. The summed E-state index contributed by atoms with van der Waals surface area (Å²) in [5.41, 5.74) is 0.790. The first kappa shape index (κ1) is 12.2. The Morgan fingerprint density at radius 2 is 2.33 bits per heavy atom. The maximum Gasteiger partial charge on any atom is 0.123 e. The van der Waals surface area contributed by atoms with Crippen molar-refractivity contribution in [1.82, 2.24) is 5.32 Å². The molecule has 1 N–H and O–H groups in total. The Kier molecular flexibility index (Phi) is 4.79. The van der Waals surface area contributed by atoms with E-state index in [0.717, 1.165) is 18.5 Å². The lowest BCUT2D eigenvalue weighted by Gasteiger charge is -2.17. The minimum atomic E-state index is -0.263. The Balaban J connectivity index is 2.97. The van der Waals surface area contributed by atoms with Crippen LogP contribution < -0.4 is 5.32 Å². The third-order valence-corrected chi connectivity index (χ3v) is 2.53. The fourth-order valence-corrected chi connectivity index (χ4v) is 1.76. The molecular formula is C12H15ClFN. The van der Waals surface area contributed by atoms with Gasteiger partial charge < -0.3 is 5.32 Å². The first-order valence-corrected chi connectivity index (χ1v) is 5.36. The molecule has 0 saturated heterocycles. The Labute approximate surface area is 95.0 Å². The Morgan fingerprint density at radius 1 is 1.60 bits per heavy atom. The molecule has 0 aromatic heterocycles. The van der Waals surface area contributed by atoms with Crippen molar-refractivity contribution in [3.8, 4) is 0 Å². The molecule has 3 heteroatoms. The maximum absolute atomic E-state index is 13.1. The van der Waals surface area contributed by atoms with Gasteiger partial charge in [0.05, 0.1) is 0 Å². The lowest BCUT2D eigenvalue weighted by molar-refractivity contribution is 0.551. The predicted molar refractivity (Wildman–Crippen MR) is 62.6 cm³/mol. The molecule has 1 unspecified atom stereocenters. The molecule has 0 heterocycles. The average Bonchev–Trinajstić information content (AvgIpc) is 2.21. The van der Waals surface area contributed by atoms with Crippen LogP contribution in [0.15, 0.2) is 30.9 Å². The number of halogens is 2. The van der Waals surface area contributed by atoms with E-state index >= 15 is 0 Å². The van der Waals surface area contributed by atoms with Gasteiger partial charge in [0.25, 0.3) is 0 Å². The highest BCUT2D eigenvalue weighted by Gasteiger charge is 2.12. The zero-order valence-electron chi connectivity index (χ0n) is 8.76. The highest BCUT2D eigenvalue weighted by Crippen LogP contribution is 2.26. The first-order valence-electron chi connectivity index (χ1n) is 4.98. The number of rotatable bonds is 5. The predicted octanol–water partition coefficient (Wildman–Crippen LogP) is 3.71. The van der Waals surface area contributed by atoms with E-state index < -0.39 is 0 Å². The van der Waals surface area contributed by atoms with Crippen LogP contribution >= 0.6 is 11.6 Å². The van der Waals surface area contributed by atoms with E-state index in [-0.39, 0.29) is 11.9 Å². The van der Waals surface area contributed by atoms with Crippen molar-refractivity contribution in [2.45, 2.75) is 19.4 Å². The molecule has 0 fully saturated rings. The molecule has 0 amide bonds. The summed E-state index contributed by atoms with van der Waals surface area (Å²) < 4.78 is 13.1. The van der Waals surface area contributed by atoms with Gasteiger partial charge in [0.1, 0.15) is 5.82 Å². The van der Waals surface area contributed by atoms with E-state index in [1.807, 2.05) is 6.92 Å². The summed E-state index contributed by atoms with van der Waals surface area (Å²) in [6.45, 7) is 6.50. The monoisotopic (exact) mass is 227 g/mol. The third kappa shape index (κ3) is 3.33. The van der Waals surface area contributed by atoms with Crippen LogP contribution in [0.25, 0.3) is 0 Å². The van der Waals surface area contributed by atoms with Crippen molar-refractivity contribution in [1.29, 1.82) is 0 Å². The smallest absolute Gasteiger partial charge is 0.123 e. The van der Waals surface area contributed by atoms with Gasteiger partial charge in [-0.25, -0.2) is 4.39 Å². The molecule has 0 aliphatic rings. The Hall–Kier alpha value is -0.860. The highest BCUT2D eigenvalue weighted by molar-refractivity contribution is 6.31. The maximum atomic E-state index is 13.1. The summed E-state index contributed by atoms with van der Waals surface area (Å²) in [5.74, 6) is -0.263. The van der Waals surface area contributed by atoms with Gasteiger partial charge >= 0.3 is 0 Å². The molecule has 1 rings (SSSR count). The van der Waals surface area contributed by atoms with Gasteiger partial charge in [0, 0.05) is 11.1 Å². The second kappa shape index (κ2) is 5.89. The molecule has 0 radical (unpaired) electrons. The molecule has 0 bridgehead atoms. The molecule has 0 saturated carbocycles. The summed E-state index contributed by atoms with van der Waals surface area (Å²) in [6, 6.07) is 4.46. The third-order valence-electron chi connectivity index (χ3n) is 2.19. The quantitative estimate of drug-likeness (QED) is 0.757. The minimum absolute atomic E-state index is 0.0377. The number of nitrogens with one attached hydrogen (secondary N) is 1. The molecule has 1 nitrogen and oxygen atoms in total. The van der Waals surface area contributed by atoms with Crippen LogP contribution in [-0.2, 0) is 0 Å². The molecule has 15 heavy (non-hydrogen) atoms. The summed E-state index contributed by atoms with van der Waals surface area (Å²) in [5, 5.41) is 3.83. The second-order valence-corrected chi connectivity index (χ2v) is 3.71. The lowest BCUT2D eigenvalue weighted by atomic mass is 10.0. The van der Waals surface area contributed by atoms with Crippen LogP contribution in [0.4, 0.5) is 4.39 Å². The Bertz CT molecular complexity index is 338. The highest BCUT2D eigenvalue weighted by atomic mass is 35.5. The van der Waals surface area contributed by atoms with Crippen LogP contribution in [0.1, 0.15) is 24.9 Å². The molecule has 0 aliphatic carbocycles. The number of hydrogen-bond donors (Lipinski definition) is 1. The average molecular weight is 228 g/mol. The van der Waals surface area contributed by atoms with Crippen LogP contribution in [0.2, 0.25) is 5.02 Å². The summed E-state index contributed by atoms with van der Waals surface area (Å²) in [6.07, 6.45) is 2.53. The van der Waals surface area contributed by atoms with E-state index in [1.54, 1.807) is 12.1 Å². The summed E-state index contributed by atoms with van der Waals surface area (Å²) in [4.78, 5) is 0. The van der Waals surface area contributed by atoms with Gasteiger partial charge in [-0.3, -0.25) is 0 Å². The van der Waals surface area contributed by atoms with Gasteiger partial charge in [-0.15, -0.1) is 6.58 Å². The van der Waals surface area contributed by atoms with Gasteiger partial charge in [0.15, 0.2) is 0 Å². The van der Waals surface area contributed by atoms with E-state index in [1.165, 1.54) is 12.1 Å². The number of benzene rings is 1. The molecule has 0 aliphatic heterocycles. The molecular weight excluding hydrogens is 213 g/mol. The first-order chi connectivity index (χ1) is 7.19. The standard InChI is InChI=1S/C12H15ClFN/c1-3-5-12(15-4-2)10-8-9(14)6-7-11(10)13/h3,6-8,12,15H,1,4-5H2,2H3. The van der Waals surface area contributed by atoms with Crippen molar-refractivity contribution in [3.05, 3.63) is 47.3 Å². The fraction of sp³-hybridized carbons (Fsp3) is 0.333. The molecule has 1 aromatic carbocycles. The van der Waals surface area contributed by atoms with Crippen molar-refractivity contribution in [2.24, 2.45) is 0 Å². The van der Waals surface area contributed by atoms with Crippen LogP contribution in [0, 0.1) is 5.82 Å². The van der Waals surface area contributed by atoms with Crippen molar-refractivity contribution < 1.29 is 4.39 Å². The van der Waals surface area contributed by atoms with Crippen molar-refractivity contribution in [3.63, 3.8) is 0 Å². The van der Waals surface area contributed by atoms with Gasteiger partial charge in [-0.05, 0) is 36.7 Å². The fourth-order valence-electron chi connectivity index (χ4n) is 1.51. The Morgan fingerprint density at radius 3 is 2.93 bits per heavy atom. The van der Waals surface area contributed by atoms with Gasteiger partial charge in [-0.2, -0.15) is 0 Å². The van der Waals surface area contributed by atoms with Crippen LogP contribution in [0.5, 0.6) is 0 Å². The van der Waals surface area contributed by atoms with E-state index in [4.69, 9.17) is 11.6 Å². The van der Waals surface area contributed by atoms with E-state index in [2.05, 4.69) is 11.9 Å². The van der Waals surface area contributed by atoms with Gasteiger partial charge in [-0.1, -0.05) is 24.6 Å². The molecule has 1 aromatic rings. The second-order valence-electron chi connectivity index (χ2n) is 3.30. The van der Waals surface area contributed by atoms with Crippen LogP contribution in [0.3, 0.4) is 0 Å². The van der Waals surface area contributed by atoms with Gasteiger partial charge in [0.2, 0.25) is 0 Å². The SMILES string of the molecule is C=CCC(NCC)c1cc(F)ccc1Cl. The van der Waals surface area contributed by atoms with Crippen molar-refractivity contribution >= 4 is 11.6 Å². The lowest BCUT2D eigenvalue weighted by Crippen LogP contribution is -2.20. The topological polar surface area (TPSA) is 12.0 Å². The van der Waals surface area contributed by atoms with E-state index in [9.17, 15) is 4.39 Å². The molecule has 1 atom stereocenters. The number of hydrogen-bond acceptors (Lipinski definition) is 1. The van der Waals surface area contributed by atoms with Crippen LogP contribution in [-0.4, -0.2) is 6.54 Å². The normalized spacial score (nSPS) is 12.5. The molecule has 0 spiro atoms. The summed E-state index contributed by atoms with van der Waals surface area (Å²) in [7, 11) is 0. The minimum Gasteiger partial charge on any atom is -0.310 e. The van der Waals surface area contributed by atoms with Crippen molar-refractivity contribution in [2.75, 3.05) is 6.54 Å². The zero-order valence-corrected chi connectivity index (χ0v) is 9.52. The largest absolute Gasteiger partial charge is 0.310 e. The summed E-state index contributed by atoms with van der Waals surface area (Å²) >= 11 is 6.02. The van der Waals surface area contributed by atoms with E-state index in [0.29, 0.717) is 5.02 Å². The zero-order chi connectivity index (χ0) is 11.3.